The maximum Gasteiger partial charge on any atom is 0.252 e. The van der Waals surface area contributed by atoms with E-state index in [-0.39, 0.29) is 17.9 Å². The predicted molar refractivity (Wildman–Crippen MR) is 86.9 cm³/mol. The Hall–Kier alpha value is -1.66. The summed E-state index contributed by atoms with van der Waals surface area (Å²) < 4.78 is 0. The monoisotopic (exact) mass is 322 g/mol. The van der Waals surface area contributed by atoms with Crippen molar-refractivity contribution >= 4 is 34.5 Å². The molecule has 6 heteroatoms. The molecular formula is C15H18N2O2S2. The van der Waals surface area contributed by atoms with Crippen molar-refractivity contribution in [2.45, 2.75) is 25.8 Å². The van der Waals surface area contributed by atoms with Crippen LogP contribution in [0.5, 0.6) is 0 Å². The van der Waals surface area contributed by atoms with Gasteiger partial charge >= 0.3 is 0 Å². The van der Waals surface area contributed by atoms with Gasteiger partial charge in [0.15, 0.2) is 0 Å². The summed E-state index contributed by atoms with van der Waals surface area (Å²) >= 11 is 3.17. The van der Waals surface area contributed by atoms with Gasteiger partial charge in [0, 0.05) is 41.2 Å². The van der Waals surface area contributed by atoms with Crippen LogP contribution in [-0.2, 0) is 11.2 Å². The van der Waals surface area contributed by atoms with Crippen molar-refractivity contribution in [2.24, 2.45) is 0 Å². The van der Waals surface area contributed by atoms with Gasteiger partial charge in [-0.05, 0) is 29.8 Å². The summed E-state index contributed by atoms with van der Waals surface area (Å²) in [6.45, 7) is 2.34. The average molecular weight is 322 g/mol. The minimum Gasteiger partial charge on any atom is -0.353 e. The summed E-state index contributed by atoms with van der Waals surface area (Å²) in [4.78, 5) is 24.7. The zero-order chi connectivity index (χ0) is 15.1. The molecule has 2 rings (SSSR count). The molecule has 0 saturated carbocycles. The van der Waals surface area contributed by atoms with Crippen LogP contribution in [0.15, 0.2) is 34.3 Å². The van der Waals surface area contributed by atoms with Crippen LogP contribution in [-0.4, -0.2) is 24.4 Å². The van der Waals surface area contributed by atoms with Crippen LogP contribution in [0.25, 0.3) is 0 Å². The molecule has 2 amide bonds. The Morgan fingerprint density at radius 2 is 2.14 bits per heavy atom. The van der Waals surface area contributed by atoms with Gasteiger partial charge in [-0.2, -0.15) is 11.3 Å². The Morgan fingerprint density at radius 3 is 2.81 bits per heavy atom. The summed E-state index contributed by atoms with van der Waals surface area (Å²) in [5.74, 6) is -0.166. The first kappa shape index (κ1) is 15.7. The van der Waals surface area contributed by atoms with E-state index < -0.39 is 0 Å². The second-order valence-corrected chi connectivity index (χ2v) is 6.58. The number of carbonyl (C=O) groups excluding carboxylic acids is 2. The van der Waals surface area contributed by atoms with Gasteiger partial charge in [-0.25, -0.2) is 0 Å². The minimum atomic E-state index is -0.129. The molecule has 0 fully saturated rings. The molecule has 1 unspecified atom stereocenters. The highest BCUT2D eigenvalue weighted by Gasteiger charge is 2.10. The van der Waals surface area contributed by atoms with Gasteiger partial charge in [0.1, 0.15) is 0 Å². The standard InChI is InChI=1S/C15H18N2O2S2/c1-11(9-13-3-2-7-21-13)17-14(18)4-6-16-15(19)12-5-8-20-10-12/h2-3,5,7-8,10-11H,4,6,9H2,1H3,(H,16,19)(H,17,18). The van der Waals surface area contributed by atoms with Crippen molar-refractivity contribution in [1.29, 1.82) is 0 Å². The van der Waals surface area contributed by atoms with E-state index in [0.717, 1.165) is 6.42 Å². The lowest BCUT2D eigenvalue weighted by molar-refractivity contribution is -0.121. The third kappa shape index (κ3) is 5.32. The number of hydrogen-bond donors (Lipinski definition) is 2. The average Bonchev–Trinajstić information content (AvgIpc) is 3.10. The van der Waals surface area contributed by atoms with Crippen molar-refractivity contribution in [1.82, 2.24) is 10.6 Å². The third-order valence-electron chi connectivity index (χ3n) is 2.92. The summed E-state index contributed by atoms with van der Waals surface area (Å²) in [6.07, 6.45) is 1.13. The molecular weight excluding hydrogens is 304 g/mol. The molecule has 1 atom stereocenters. The maximum atomic E-state index is 11.8. The van der Waals surface area contributed by atoms with Gasteiger partial charge in [0.25, 0.3) is 5.91 Å². The highest BCUT2D eigenvalue weighted by Crippen LogP contribution is 2.11. The zero-order valence-corrected chi connectivity index (χ0v) is 13.4. The number of rotatable bonds is 7. The lowest BCUT2D eigenvalue weighted by atomic mass is 10.2. The van der Waals surface area contributed by atoms with Crippen LogP contribution < -0.4 is 10.6 Å². The second kappa shape index (κ2) is 7.95. The van der Waals surface area contributed by atoms with Gasteiger partial charge in [0.05, 0.1) is 0 Å². The van der Waals surface area contributed by atoms with Gasteiger partial charge in [-0.1, -0.05) is 6.07 Å². The minimum absolute atomic E-state index is 0.0373. The van der Waals surface area contributed by atoms with E-state index in [1.165, 1.54) is 16.2 Å². The van der Waals surface area contributed by atoms with Gasteiger partial charge in [0.2, 0.25) is 5.91 Å². The summed E-state index contributed by atoms with van der Waals surface area (Å²) in [5.41, 5.74) is 0.645. The van der Waals surface area contributed by atoms with Crippen LogP contribution in [0, 0.1) is 0 Å². The van der Waals surface area contributed by atoms with Gasteiger partial charge < -0.3 is 10.6 Å². The molecule has 0 aromatic carbocycles. The molecule has 4 nitrogen and oxygen atoms in total. The number of amides is 2. The third-order valence-corrected chi connectivity index (χ3v) is 4.50. The Bertz CT molecular complexity index is 565. The van der Waals surface area contributed by atoms with Crippen molar-refractivity contribution in [3.05, 3.63) is 44.8 Å². The summed E-state index contributed by atoms with van der Waals surface area (Å²) in [6, 6.07) is 5.94. The van der Waals surface area contributed by atoms with Crippen LogP contribution in [0.3, 0.4) is 0 Å². The normalized spacial score (nSPS) is 11.9. The zero-order valence-electron chi connectivity index (χ0n) is 11.8. The van der Waals surface area contributed by atoms with E-state index in [9.17, 15) is 9.59 Å². The van der Waals surface area contributed by atoms with E-state index >= 15 is 0 Å². The number of hydrogen-bond acceptors (Lipinski definition) is 4. The molecule has 0 aliphatic rings. The van der Waals surface area contributed by atoms with Crippen molar-refractivity contribution < 1.29 is 9.59 Å². The van der Waals surface area contributed by atoms with Crippen LogP contribution in [0.2, 0.25) is 0 Å². The molecule has 21 heavy (non-hydrogen) atoms. The first-order valence-corrected chi connectivity index (χ1v) is 8.59. The predicted octanol–water partition coefficient (Wildman–Crippen LogP) is 2.68. The first-order valence-electron chi connectivity index (χ1n) is 6.77. The number of nitrogens with one attached hydrogen (secondary N) is 2. The van der Waals surface area contributed by atoms with Gasteiger partial charge in [-0.15, -0.1) is 11.3 Å². The van der Waals surface area contributed by atoms with E-state index in [1.54, 1.807) is 22.8 Å². The first-order chi connectivity index (χ1) is 10.1. The highest BCUT2D eigenvalue weighted by atomic mass is 32.1. The number of thiophene rings is 2. The Balaban J connectivity index is 1.64. The molecule has 0 aliphatic heterocycles. The van der Waals surface area contributed by atoms with E-state index in [1.807, 2.05) is 23.8 Å². The van der Waals surface area contributed by atoms with E-state index in [2.05, 4.69) is 16.7 Å². The smallest absolute Gasteiger partial charge is 0.252 e. The Labute approximate surface area is 132 Å². The molecule has 0 bridgehead atoms. The van der Waals surface area contributed by atoms with Crippen LogP contribution in [0.4, 0.5) is 0 Å². The lowest BCUT2D eigenvalue weighted by Gasteiger charge is -2.13. The second-order valence-electron chi connectivity index (χ2n) is 4.77. The quantitative estimate of drug-likeness (QED) is 0.823. The molecule has 0 aliphatic carbocycles. The molecule has 2 aromatic rings. The molecule has 2 N–H and O–H groups in total. The molecule has 0 radical (unpaired) electrons. The van der Waals surface area contributed by atoms with Crippen molar-refractivity contribution in [3.63, 3.8) is 0 Å². The fourth-order valence-corrected chi connectivity index (χ4v) is 3.39. The Kier molecular flexibility index (Phi) is 5.95. The molecule has 2 aromatic heterocycles. The molecule has 0 saturated heterocycles. The Morgan fingerprint density at radius 1 is 1.29 bits per heavy atom. The number of carbonyl (C=O) groups is 2. The molecule has 0 spiro atoms. The summed E-state index contributed by atoms with van der Waals surface area (Å²) in [7, 11) is 0. The fourth-order valence-electron chi connectivity index (χ4n) is 1.91. The lowest BCUT2D eigenvalue weighted by Crippen LogP contribution is -2.36. The van der Waals surface area contributed by atoms with Crippen LogP contribution >= 0.6 is 22.7 Å². The highest BCUT2D eigenvalue weighted by molar-refractivity contribution is 7.09. The van der Waals surface area contributed by atoms with E-state index in [0.29, 0.717) is 18.5 Å². The fraction of sp³-hybridized carbons (Fsp3) is 0.333. The van der Waals surface area contributed by atoms with E-state index in [4.69, 9.17) is 0 Å². The maximum absolute atomic E-state index is 11.8. The van der Waals surface area contributed by atoms with Gasteiger partial charge in [-0.3, -0.25) is 9.59 Å². The van der Waals surface area contributed by atoms with Crippen LogP contribution in [0.1, 0.15) is 28.6 Å². The summed E-state index contributed by atoms with van der Waals surface area (Å²) in [5, 5.41) is 11.4. The SMILES string of the molecule is CC(Cc1cccs1)NC(=O)CCNC(=O)c1ccsc1. The topological polar surface area (TPSA) is 58.2 Å². The molecule has 112 valence electrons. The van der Waals surface area contributed by atoms with Crippen molar-refractivity contribution in [3.8, 4) is 0 Å². The van der Waals surface area contributed by atoms with Crippen molar-refractivity contribution in [2.75, 3.05) is 6.54 Å². The largest absolute Gasteiger partial charge is 0.353 e. The molecule has 2 heterocycles.